The normalized spacial score (nSPS) is 11.3. The Labute approximate surface area is 113 Å². The van der Waals surface area contributed by atoms with E-state index in [1.165, 1.54) is 5.56 Å². The maximum absolute atomic E-state index is 10.8. The van der Waals surface area contributed by atoms with Gasteiger partial charge >= 0.3 is 5.97 Å². The van der Waals surface area contributed by atoms with Crippen molar-refractivity contribution in [1.29, 1.82) is 0 Å². The van der Waals surface area contributed by atoms with E-state index in [1.807, 2.05) is 12.1 Å². The molecule has 0 spiro atoms. The number of aromatic carboxylic acids is 1. The number of rotatable bonds is 2. The van der Waals surface area contributed by atoms with Gasteiger partial charge in [-0.2, -0.15) is 0 Å². The minimum absolute atomic E-state index is 0.145. The third-order valence-electron chi connectivity index (χ3n) is 3.22. The summed E-state index contributed by atoms with van der Waals surface area (Å²) in [6, 6.07) is 15.4. The highest BCUT2D eigenvalue weighted by Gasteiger charge is 2.13. The predicted molar refractivity (Wildman–Crippen MR) is 77.5 cm³/mol. The fourth-order valence-corrected chi connectivity index (χ4v) is 1.97. The molecule has 1 N–H and O–H groups in total. The third-order valence-corrected chi connectivity index (χ3v) is 3.22. The zero-order chi connectivity index (χ0) is 14.0. The Bertz CT molecular complexity index is 572. The minimum Gasteiger partial charge on any atom is -0.478 e. The standard InChI is InChI=1S/C17H18O2/c1-17(2,3)15-10-8-13(9-11-15)12-4-6-14(7-5-12)16(18)19/h4-11H,1-3H3,(H,18,19). The van der Waals surface area contributed by atoms with Crippen LogP contribution in [0.5, 0.6) is 0 Å². The van der Waals surface area contributed by atoms with Crippen molar-refractivity contribution in [1.82, 2.24) is 0 Å². The first-order valence-corrected chi connectivity index (χ1v) is 6.32. The van der Waals surface area contributed by atoms with Gasteiger partial charge < -0.3 is 5.11 Å². The van der Waals surface area contributed by atoms with E-state index in [2.05, 4.69) is 45.0 Å². The molecule has 0 saturated carbocycles. The number of hydrogen-bond acceptors (Lipinski definition) is 1. The Morgan fingerprint density at radius 3 is 1.63 bits per heavy atom. The van der Waals surface area contributed by atoms with Crippen LogP contribution in [-0.4, -0.2) is 11.1 Å². The van der Waals surface area contributed by atoms with Gasteiger partial charge in [-0.05, 0) is 34.2 Å². The molecular weight excluding hydrogens is 236 g/mol. The maximum atomic E-state index is 10.8. The summed E-state index contributed by atoms with van der Waals surface area (Å²) < 4.78 is 0. The van der Waals surface area contributed by atoms with Crippen molar-refractivity contribution >= 4 is 5.97 Å². The van der Waals surface area contributed by atoms with Crippen molar-refractivity contribution in [3.63, 3.8) is 0 Å². The highest BCUT2D eigenvalue weighted by molar-refractivity contribution is 5.88. The Morgan fingerprint density at radius 1 is 0.842 bits per heavy atom. The van der Waals surface area contributed by atoms with E-state index in [0.29, 0.717) is 5.56 Å². The molecule has 0 aliphatic carbocycles. The zero-order valence-corrected chi connectivity index (χ0v) is 11.5. The highest BCUT2D eigenvalue weighted by Crippen LogP contribution is 2.26. The van der Waals surface area contributed by atoms with E-state index >= 15 is 0 Å². The molecule has 0 atom stereocenters. The van der Waals surface area contributed by atoms with Crippen LogP contribution in [0.2, 0.25) is 0 Å². The summed E-state index contributed by atoms with van der Waals surface area (Å²) in [5, 5.41) is 8.87. The monoisotopic (exact) mass is 254 g/mol. The quantitative estimate of drug-likeness (QED) is 0.865. The molecule has 0 aliphatic rings. The highest BCUT2D eigenvalue weighted by atomic mass is 16.4. The van der Waals surface area contributed by atoms with E-state index in [1.54, 1.807) is 12.1 Å². The Kier molecular flexibility index (Phi) is 3.43. The van der Waals surface area contributed by atoms with E-state index in [0.717, 1.165) is 11.1 Å². The molecule has 0 saturated heterocycles. The molecule has 2 aromatic carbocycles. The van der Waals surface area contributed by atoms with Crippen molar-refractivity contribution in [2.45, 2.75) is 26.2 Å². The lowest BCUT2D eigenvalue weighted by Crippen LogP contribution is -2.10. The molecular formula is C17H18O2. The molecule has 2 nitrogen and oxygen atoms in total. The number of carbonyl (C=O) groups is 1. The van der Waals surface area contributed by atoms with Crippen LogP contribution in [0.3, 0.4) is 0 Å². The molecule has 0 unspecified atom stereocenters. The Hall–Kier alpha value is -2.09. The number of carboxylic acid groups (broad SMARTS) is 1. The fraction of sp³-hybridized carbons (Fsp3) is 0.235. The topological polar surface area (TPSA) is 37.3 Å². The van der Waals surface area contributed by atoms with Gasteiger partial charge in [0.2, 0.25) is 0 Å². The molecule has 0 aromatic heterocycles. The molecule has 19 heavy (non-hydrogen) atoms. The second kappa shape index (κ2) is 4.88. The first kappa shape index (κ1) is 13.3. The largest absolute Gasteiger partial charge is 0.478 e. The molecule has 98 valence electrons. The van der Waals surface area contributed by atoms with Crippen LogP contribution in [0.1, 0.15) is 36.7 Å². The van der Waals surface area contributed by atoms with Gasteiger partial charge in [0.15, 0.2) is 0 Å². The second-order valence-electron chi connectivity index (χ2n) is 5.71. The van der Waals surface area contributed by atoms with Gasteiger partial charge in [0, 0.05) is 0 Å². The SMILES string of the molecule is CC(C)(C)c1ccc(-c2ccc(C(=O)O)cc2)cc1. The molecule has 0 aliphatic heterocycles. The van der Waals surface area contributed by atoms with E-state index in [4.69, 9.17) is 5.11 Å². The number of hydrogen-bond donors (Lipinski definition) is 1. The van der Waals surface area contributed by atoms with Crippen LogP contribution in [0.15, 0.2) is 48.5 Å². The van der Waals surface area contributed by atoms with Gasteiger partial charge in [0.1, 0.15) is 0 Å². The van der Waals surface area contributed by atoms with Gasteiger partial charge in [-0.1, -0.05) is 57.2 Å². The summed E-state index contributed by atoms with van der Waals surface area (Å²) in [6.07, 6.45) is 0. The summed E-state index contributed by atoms with van der Waals surface area (Å²) in [5.41, 5.74) is 3.88. The lowest BCUT2D eigenvalue weighted by molar-refractivity contribution is 0.0697. The lowest BCUT2D eigenvalue weighted by atomic mass is 9.86. The van der Waals surface area contributed by atoms with Crippen LogP contribution in [0.25, 0.3) is 11.1 Å². The molecule has 0 bridgehead atoms. The van der Waals surface area contributed by atoms with E-state index in [9.17, 15) is 4.79 Å². The van der Waals surface area contributed by atoms with Crippen LogP contribution in [0.4, 0.5) is 0 Å². The summed E-state index contributed by atoms with van der Waals surface area (Å²) in [5.74, 6) is -0.894. The van der Waals surface area contributed by atoms with Crippen LogP contribution < -0.4 is 0 Å². The molecule has 0 amide bonds. The van der Waals surface area contributed by atoms with Crippen molar-refractivity contribution in [3.8, 4) is 11.1 Å². The second-order valence-corrected chi connectivity index (χ2v) is 5.71. The van der Waals surface area contributed by atoms with E-state index < -0.39 is 5.97 Å². The van der Waals surface area contributed by atoms with Gasteiger partial charge in [-0.25, -0.2) is 4.79 Å². The molecule has 0 fully saturated rings. The average molecular weight is 254 g/mol. The molecule has 0 heterocycles. The van der Waals surface area contributed by atoms with Crippen molar-refractivity contribution in [2.75, 3.05) is 0 Å². The molecule has 2 aromatic rings. The number of carboxylic acids is 1. The average Bonchev–Trinajstić information content (AvgIpc) is 2.38. The summed E-state index contributed by atoms with van der Waals surface area (Å²) >= 11 is 0. The smallest absolute Gasteiger partial charge is 0.335 e. The van der Waals surface area contributed by atoms with Crippen molar-refractivity contribution < 1.29 is 9.90 Å². The fourth-order valence-electron chi connectivity index (χ4n) is 1.97. The molecule has 2 rings (SSSR count). The number of benzene rings is 2. The zero-order valence-electron chi connectivity index (χ0n) is 11.5. The Morgan fingerprint density at radius 2 is 1.26 bits per heavy atom. The third kappa shape index (κ3) is 3.02. The van der Waals surface area contributed by atoms with Crippen molar-refractivity contribution in [3.05, 3.63) is 59.7 Å². The van der Waals surface area contributed by atoms with Crippen molar-refractivity contribution in [2.24, 2.45) is 0 Å². The Balaban J connectivity index is 2.30. The summed E-state index contributed by atoms with van der Waals surface area (Å²) in [6.45, 7) is 6.55. The first-order valence-electron chi connectivity index (χ1n) is 6.32. The van der Waals surface area contributed by atoms with Gasteiger partial charge in [-0.15, -0.1) is 0 Å². The minimum atomic E-state index is -0.894. The van der Waals surface area contributed by atoms with Gasteiger partial charge in [0.25, 0.3) is 0 Å². The van der Waals surface area contributed by atoms with Gasteiger partial charge in [0.05, 0.1) is 5.56 Å². The first-order chi connectivity index (χ1) is 8.88. The van der Waals surface area contributed by atoms with Crippen LogP contribution in [-0.2, 0) is 5.41 Å². The van der Waals surface area contributed by atoms with E-state index in [-0.39, 0.29) is 5.41 Å². The molecule has 2 heteroatoms. The molecule has 0 radical (unpaired) electrons. The van der Waals surface area contributed by atoms with Crippen LogP contribution >= 0.6 is 0 Å². The maximum Gasteiger partial charge on any atom is 0.335 e. The summed E-state index contributed by atoms with van der Waals surface area (Å²) in [7, 11) is 0. The van der Waals surface area contributed by atoms with Gasteiger partial charge in [-0.3, -0.25) is 0 Å². The predicted octanol–water partition coefficient (Wildman–Crippen LogP) is 4.35. The summed E-state index contributed by atoms with van der Waals surface area (Å²) in [4.78, 5) is 10.8. The van der Waals surface area contributed by atoms with Crippen LogP contribution in [0, 0.1) is 0 Å². The lowest BCUT2D eigenvalue weighted by Gasteiger charge is -2.19.